The highest BCUT2D eigenvalue weighted by molar-refractivity contribution is 9.10. The molecule has 0 atom stereocenters. The van der Waals surface area contributed by atoms with Crippen LogP contribution >= 0.6 is 15.9 Å². The van der Waals surface area contributed by atoms with Crippen molar-refractivity contribution in [3.63, 3.8) is 0 Å². The zero-order valence-electron chi connectivity index (χ0n) is 6.50. The standard InChI is InChI=1S/C7H7BrFNO2S/c8-7-3-6(9)2-1-5(7)4-13(10,11)12/h1-3H,4H2,(H2,10,11,12). The zero-order chi connectivity index (χ0) is 10.1. The Balaban J connectivity index is 3.04. The third-order valence-corrected chi connectivity index (χ3v) is 2.82. The van der Waals surface area contributed by atoms with E-state index in [4.69, 9.17) is 5.14 Å². The smallest absolute Gasteiger partial charge is 0.213 e. The van der Waals surface area contributed by atoms with Crippen LogP contribution in [-0.2, 0) is 15.8 Å². The predicted octanol–water partition coefficient (Wildman–Crippen LogP) is 1.38. The maximum atomic E-state index is 12.6. The lowest BCUT2D eigenvalue weighted by atomic mass is 10.2. The monoisotopic (exact) mass is 267 g/mol. The van der Waals surface area contributed by atoms with Crippen molar-refractivity contribution in [3.8, 4) is 0 Å². The van der Waals surface area contributed by atoms with Gasteiger partial charge in [-0.05, 0) is 17.7 Å². The van der Waals surface area contributed by atoms with Gasteiger partial charge in [0.25, 0.3) is 0 Å². The number of hydrogen-bond acceptors (Lipinski definition) is 2. The van der Waals surface area contributed by atoms with Crippen molar-refractivity contribution in [3.05, 3.63) is 34.1 Å². The minimum Gasteiger partial charge on any atom is -0.228 e. The molecule has 1 aromatic rings. The van der Waals surface area contributed by atoms with Crippen molar-refractivity contribution in [2.75, 3.05) is 0 Å². The molecule has 72 valence electrons. The SMILES string of the molecule is NS(=O)(=O)Cc1ccc(F)cc1Br. The Kier molecular flexibility index (Phi) is 3.05. The summed E-state index contributed by atoms with van der Waals surface area (Å²) < 4.78 is 34.4. The van der Waals surface area contributed by atoms with Gasteiger partial charge in [-0.1, -0.05) is 22.0 Å². The fourth-order valence-electron chi connectivity index (χ4n) is 0.855. The Morgan fingerprint density at radius 2 is 2.08 bits per heavy atom. The van der Waals surface area contributed by atoms with Crippen LogP contribution < -0.4 is 5.14 Å². The summed E-state index contributed by atoms with van der Waals surface area (Å²) in [4.78, 5) is 0. The lowest BCUT2D eigenvalue weighted by Gasteiger charge is -2.01. The van der Waals surface area contributed by atoms with Gasteiger partial charge >= 0.3 is 0 Å². The van der Waals surface area contributed by atoms with Crippen LogP contribution in [0.15, 0.2) is 22.7 Å². The highest BCUT2D eigenvalue weighted by Gasteiger charge is 2.08. The van der Waals surface area contributed by atoms with E-state index >= 15 is 0 Å². The lowest BCUT2D eigenvalue weighted by molar-refractivity contribution is 0.596. The summed E-state index contributed by atoms with van der Waals surface area (Å²) in [6.07, 6.45) is 0. The zero-order valence-corrected chi connectivity index (χ0v) is 8.90. The van der Waals surface area contributed by atoms with E-state index in [-0.39, 0.29) is 5.75 Å². The predicted molar refractivity (Wildman–Crippen MR) is 50.9 cm³/mol. The minimum absolute atomic E-state index is 0.298. The maximum Gasteiger partial charge on any atom is 0.213 e. The number of hydrogen-bond donors (Lipinski definition) is 1. The minimum atomic E-state index is -3.56. The van der Waals surface area contributed by atoms with Crippen LogP contribution in [0.1, 0.15) is 5.56 Å². The molecular formula is C7H7BrFNO2S. The highest BCUT2D eigenvalue weighted by Crippen LogP contribution is 2.19. The topological polar surface area (TPSA) is 60.2 Å². The van der Waals surface area contributed by atoms with Crippen LogP contribution in [0.25, 0.3) is 0 Å². The normalized spacial score (nSPS) is 11.6. The number of nitrogens with two attached hydrogens (primary N) is 1. The van der Waals surface area contributed by atoms with Crippen LogP contribution in [0, 0.1) is 5.82 Å². The quantitative estimate of drug-likeness (QED) is 0.880. The van der Waals surface area contributed by atoms with Crippen LogP contribution in [-0.4, -0.2) is 8.42 Å². The molecule has 0 unspecified atom stereocenters. The van der Waals surface area contributed by atoms with Gasteiger partial charge in [0.1, 0.15) is 5.82 Å². The Bertz CT molecular complexity index is 419. The van der Waals surface area contributed by atoms with E-state index in [1.165, 1.54) is 18.2 Å². The van der Waals surface area contributed by atoms with Gasteiger partial charge in [0.05, 0.1) is 5.75 Å². The average molecular weight is 268 g/mol. The number of sulfonamides is 1. The van der Waals surface area contributed by atoms with Crippen molar-refractivity contribution < 1.29 is 12.8 Å². The molecule has 6 heteroatoms. The first-order valence-corrected chi connectivity index (χ1v) is 5.84. The van der Waals surface area contributed by atoms with Gasteiger partial charge < -0.3 is 0 Å². The molecule has 3 nitrogen and oxygen atoms in total. The molecule has 0 saturated heterocycles. The van der Waals surface area contributed by atoms with E-state index < -0.39 is 15.8 Å². The Morgan fingerprint density at radius 1 is 1.46 bits per heavy atom. The molecule has 2 N–H and O–H groups in total. The third kappa shape index (κ3) is 3.41. The molecule has 1 aromatic carbocycles. The van der Waals surface area contributed by atoms with Gasteiger partial charge in [-0.25, -0.2) is 17.9 Å². The lowest BCUT2D eigenvalue weighted by Crippen LogP contribution is -2.14. The summed E-state index contributed by atoms with van der Waals surface area (Å²) in [5.41, 5.74) is 0.448. The molecule has 0 heterocycles. The molecule has 0 saturated carbocycles. The van der Waals surface area contributed by atoms with Crippen molar-refractivity contribution in [1.82, 2.24) is 0 Å². The van der Waals surface area contributed by atoms with E-state index in [0.717, 1.165) is 0 Å². The molecule has 0 aliphatic rings. The first-order valence-electron chi connectivity index (χ1n) is 3.33. The number of halogens is 2. The Labute approximate surface area is 83.9 Å². The second-order valence-corrected chi connectivity index (χ2v) is 5.01. The summed E-state index contributed by atoms with van der Waals surface area (Å²) >= 11 is 3.04. The average Bonchev–Trinajstić information content (AvgIpc) is 1.93. The number of rotatable bonds is 2. The van der Waals surface area contributed by atoms with Crippen molar-refractivity contribution in [1.29, 1.82) is 0 Å². The van der Waals surface area contributed by atoms with Gasteiger partial charge in [-0.15, -0.1) is 0 Å². The van der Waals surface area contributed by atoms with Crippen LogP contribution in [0.3, 0.4) is 0 Å². The molecule has 0 spiro atoms. The third-order valence-electron chi connectivity index (χ3n) is 1.37. The van der Waals surface area contributed by atoms with E-state index in [2.05, 4.69) is 15.9 Å². The molecule has 0 aliphatic carbocycles. The molecule has 13 heavy (non-hydrogen) atoms. The van der Waals surface area contributed by atoms with E-state index in [1.807, 2.05) is 0 Å². The summed E-state index contributed by atoms with van der Waals surface area (Å²) in [7, 11) is -3.56. The Hall–Kier alpha value is -0.460. The number of primary sulfonamides is 1. The fourth-order valence-corrected chi connectivity index (χ4v) is 2.22. The number of benzene rings is 1. The summed E-state index contributed by atoms with van der Waals surface area (Å²) in [6.45, 7) is 0. The first-order chi connectivity index (χ1) is 5.88. The molecule has 0 bridgehead atoms. The van der Waals surface area contributed by atoms with Crippen molar-refractivity contribution >= 4 is 26.0 Å². The van der Waals surface area contributed by atoms with E-state index in [0.29, 0.717) is 10.0 Å². The molecule has 0 aliphatic heterocycles. The van der Waals surface area contributed by atoms with Crippen molar-refractivity contribution in [2.45, 2.75) is 5.75 Å². The Morgan fingerprint density at radius 3 is 2.54 bits per heavy atom. The summed E-state index contributed by atoms with van der Waals surface area (Å²) in [6, 6.07) is 3.76. The highest BCUT2D eigenvalue weighted by atomic mass is 79.9. The second-order valence-electron chi connectivity index (χ2n) is 2.54. The largest absolute Gasteiger partial charge is 0.228 e. The summed E-state index contributed by atoms with van der Waals surface area (Å²) in [5, 5.41) is 4.83. The van der Waals surface area contributed by atoms with Crippen LogP contribution in [0.5, 0.6) is 0 Å². The fraction of sp³-hybridized carbons (Fsp3) is 0.143. The van der Waals surface area contributed by atoms with Crippen molar-refractivity contribution in [2.24, 2.45) is 5.14 Å². The van der Waals surface area contributed by atoms with Gasteiger partial charge in [0.15, 0.2) is 0 Å². The van der Waals surface area contributed by atoms with E-state index in [9.17, 15) is 12.8 Å². The van der Waals surface area contributed by atoms with Gasteiger partial charge in [0.2, 0.25) is 10.0 Å². The van der Waals surface area contributed by atoms with Gasteiger partial charge in [-0.3, -0.25) is 0 Å². The molecule has 0 amide bonds. The first kappa shape index (κ1) is 10.6. The van der Waals surface area contributed by atoms with Gasteiger partial charge in [0, 0.05) is 4.47 Å². The second kappa shape index (κ2) is 3.73. The maximum absolute atomic E-state index is 12.6. The molecule has 0 fully saturated rings. The molecular weight excluding hydrogens is 261 g/mol. The van der Waals surface area contributed by atoms with Crippen LogP contribution in [0.4, 0.5) is 4.39 Å². The molecule has 1 rings (SSSR count). The summed E-state index contributed by atoms with van der Waals surface area (Å²) in [5.74, 6) is -0.724. The molecule has 0 aromatic heterocycles. The van der Waals surface area contributed by atoms with Crippen LogP contribution in [0.2, 0.25) is 0 Å². The molecule has 0 radical (unpaired) electrons. The van der Waals surface area contributed by atoms with E-state index in [1.54, 1.807) is 0 Å². The van der Waals surface area contributed by atoms with Gasteiger partial charge in [-0.2, -0.15) is 0 Å².